The van der Waals surface area contributed by atoms with Gasteiger partial charge in [-0.2, -0.15) is 5.10 Å². The summed E-state index contributed by atoms with van der Waals surface area (Å²) in [4.78, 5) is 6.88. The molecular weight excluding hydrogens is 328 g/mol. The lowest BCUT2D eigenvalue weighted by molar-refractivity contribution is -0.0843. The molecule has 2 aromatic heterocycles. The number of fused-ring (bicyclic) bond motifs is 1. The second-order valence-corrected chi connectivity index (χ2v) is 7.60. The Hall–Kier alpha value is -1.92. The molecule has 0 bridgehead atoms. The highest BCUT2D eigenvalue weighted by molar-refractivity contribution is 5.24. The Kier molecular flexibility index (Phi) is 4.71. The highest BCUT2D eigenvalue weighted by Crippen LogP contribution is 2.43. The number of methoxy groups -OCH3 is 1. The summed E-state index contributed by atoms with van der Waals surface area (Å²) in [5, 5.41) is 7.46. The lowest BCUT2D eigenvalue weighted by Gasteiger charge is -2.43. The number of nitrogens with zero attached hydrogens (tertiary/aromatic N) is 3. The first-order chi connectivity index (χ1) is 12.6. The van der Waals surface area contributed by atoms with Crippen molar-refractivity contribution in [3.8, 4) is 5.88 Å². The predicted molar refractivity (Wildman–Crippen MR) is 99.1 cm³/mol. The molecule has 0 unspecified atom stereocenters. The van der Waals surface area contributed by atoms with Crippen molar-refractivity contribution < 1.29 is 9.47 Å². The smallest absolute Gasteiger partial charge is 0.213 e. The Morgan fingerprint density at radius 3 is 2.88 bits per heavy atom. The molecule has 2 aliphatic rings. The maximum atomic E-state index is 6.17. The van der Waals surface area contributed by atoms with Gasteiger partial charge < -0.3 is 9.47 Å². The first kappa shape index (κ1) is 17.5. The van der Waals surface area contributed by atoms with E-state index in [1.165, 1.54) is 5.56 Å². The number of ether oxygens (including phenoxy) is 2. The molecule has 1 aliphatic carbocycles. The van der Waals surface area contributed by atoms with Crippen molar-refractivity contribution in [1.82, 2.24) is 20.1 Å². The number of H-pyrrole nitrogens is 1. The molecule has 4 rings (SSSR count). The Balaban J connectivity index is 1.51. The topological polar surface area (TPSA) is 63.3 Å². The van der Waals surface area contributed by atoms with Crippen LogP contribution in [0.15, 0.2) is 24.4 Å². The molecule has 1 saturated carbocycles. The quantitative estimate of drug-likeness (QED) is 0.892. The lowest BCUT2D eigenvalue weighted by Crippen LogP contribution is -2.52. The highest BCUT2D eigenvalue weighted by Gasteiger charge is 2.51. The average molecular weight is 356 g/mol. The van der Waals surface area contributed by atoms with Crippen molar-refractivity contribution in [2.24, 2.45) is 0 Å². The summed E-state index contributed by atoms with van der Waals surface area (Å²) in [6.07, 6.45) is 6.07. The fourth-order valence-electron chi connectivity index (χ4n) is 4.65. The van der Waals surface area contributed by atoms with Gasteiger partial charge in [0.1, 0.15) is 6.10 Å². The van der Waals surface area contributed by atoms with E-state index >= 15 is 0 Å². The molecule has 26 heavy (non-hydrogen) atoms. The van der Waals surface area contributed by atoms with E-state index in [2.05, 4.69) is 33.9 Å². The van der Waals surface area contributed by atoms with E-state index in [0.29, 0.717) is 11.9 Å². The van der Waals surface area contributed by atoms with Gasteiger partial charge >= 0.3 is 0 Å². The van der Waals surface area contributed by atoms with Crippen LogP contribution in [0, 0.1) is 13.8 Å². The molecule has 0 amide bonds. The van der Waals surface area contributed by atoms with Crippen LogP contribution in [0.3, 0.4) is 0 Å². The fourth-order valence-corrected chi connectivity index (χ4v) is 4.65. The number of nitrogens with one attached hydrogen (secondary N) is 1. The third kappa shape index (κ3) is 3.12. The van der Waals surface area contributed by atoms with Gasteiger partial charge in [0.05, 0.1) is 11.3 Å². The number of aromatic nitrogens is 3. The van der Waals surface area contributed by atoms with Gasteiger partial charge in [-0.3, -0.25) is 10.00 Å². The second kappa shape index (κ2) is 7.00. The number of pyridine rings is 1. The van der Waals surface area contributed by atoms with E-state index in [0.717, 1.165) is 50.2 Å². The third-order valence-electron chi connectivity index (χ3n) is 6.22. The van der Waals surface area contributed by atoms with Gasteiger partial charge in [-0.05, 0) is 39.2 Å². The molecule has 140 valence electrons. The van der Waals surface area contributed by atoms with E-state index in [1.54, 1.807) is 6.20 Å². The minimum atomic E-state index is -0.0461. The highest BCUT2D eigenvalue weighted by atomic mass is 16.5. The summed E-state index contributed by atoms with van der Waals surface area (Å²) in [5.74, 6) is 0.716. The van der Waals surface area contributed by atoms with E-state index < -0.39 is 0 Å². The summed E-state index contributed by atoms with van der Waals surface area (Å²) < 4.78 is 12.2. The second-order valence-electron chi connectivity index (χ2n) is 7.60. The van der Waals surface area contributed by atoms with Crippen molar-refractivity contribution in [2.45, 2.75) is 63.8 Å². The van der Waals surface area contributed by atoms with E-state index in [1.807, 2.05) is 25.3 Å². The predicted octanol–water partition coefficient (Wildman–Crippen LogP) is 3.01. The zero-order valence-electron chi connectivity index (χ0n) is 15.9. The molecule has 6 nitrogen and oxygen atoms in total. The third-order valence-corrected chi connectivity index (χ3v) is 6.22. The molecule has 1 aliphatic heterocycles. The van der Waals surface area contributed by atoms with Crippen LogP contribution in [-0.4, -0.2) is 51.5 Å². The minimum Gasteiger partial charge on any atom is -0.474 e. The van der Waals surface area contributed by atoms with Gasteiger partial charge in [0, 0.05) is 56.2 Å². The number of aromatic amines is 1. The molecule has 3 atom stereocenters. The van der Waals surface area contributed by atoms with Crippen molar-refractivity contribution in [1.29, 1.82) is 0 Å². The van der Waals surface area contributed by atoms with Gasteiger partial charge in [0.25, 0.3) is 0 Å². The van der Waals surface area contributed by atoms with Crippen LogP contribution < -0.4 is 4.74 Å². The first-order valence-corrected chi connectivity index (χ1v) is 9.48. The van der Waals surface area contributed by atoms with Crippen LogP contribution in [0.4, 0.5) is 0 Å². The molecule has 1 N–H and O–H groups in total. The normalized spacial score (nSPS) is 28.9. The molecule has 0 radical (unpaired) electrons. The van der Waals surface area contributed by atoms with Gasteiger partial charge in [-0.15, -0.1) is 0 Å². The van der Waals surface area contributed by atoms with E-state index in [-0.39, 0.29) is 11.7 Å². The molecule has 6 heteroatoms. The summed E-state index contributed by atoms with van der Waals surface area (Å²) in [5.41, 5.74) is 3.52. The molecule has 2 fully saturated rings. The van der Waals surface area contributed by atoms with Crippen molar-refractivity contribution >= 4 is 0 Å². The molecule has 0 aromatic carbocycles. The van der Waals surface area contributed by atoms with Gasteiger partial charge in [-0.1, -0.05) is 6.07 Å². The van der Waals surface area contributed by atoms with Crippen LogP contribution in [0.25, 0.3) is 0 Å². The Bertz CT molecular complexity index is 728. The van der Waals surface area contributed by atoms with Crippen LogP contribution in [-0.2, 0) is 11.3 Å². The number of hydrogen-bond donors (Lipinski definition) is 1. The molecule has 3 heterocycles. The van der Waals surface area contributed by atoms with Crippen LogP contribution in [0.1, 0.15) is 42.6 Å². The molecule has 1 saturated heterocycles. The number of aryl methyl sites for hydroxylation is 2. The molecule has 0 spiro atoms. The van der Waals surface area contributed by atoms with Crippen molar-refractivity contribution in [3.63, 3.8) is 0 Å². The van der Waals surface area contributed by atoms with E-state index in [9.17, 15) is 0 Å². The fraction of sp³-hybridized carbons (Fsp3) is 0.600. The van der Waals surface area contributed by atoms with Crippen molar-refractivity contribution in [3.05, 3.63) is 41.3 Å². The Labute approximate surface area is 154 Å². The van der Waals surface area contributed by atoms with Gasteiger partial charge in [0.2, 0.25) is 5.88 Å². The van der Waals surface area contributed by atoms with Gasteiger partial charge in [0.15, 0.2) is 0 Å². The zero-order valence-corrected chi connectivity index (χ0v) is 15.9. The SMILES string of the molecule is CO[C@@]12CC[C@H](Oc3ccccn3)C[C@@H]1N(Cc1c(C)n[nH]c1C)CC2. The van der Waals surface area contributed by atoms with Crippen molar-refractivity contribution in [2.75, 3.05) is 13.7 Å². The maximum Gasteiger partial charge on any atom is 0.213 e. The summed E-state index contributed by atoms with van der Waals surface area (Å²) >= 11 is 0. The summed E-state index contributed by atoms with van der Waals surface area (Å²) in [6.45, 7) is 6.15. The molecular formula is C20H28N4O2. The standard InChI is InChI=1S/C20H28N4O2/c1-14-17(15(2)23-22-14)13-24-11-9-20(25-3)8-7-16(12-18(20)24)26-19-6-4-5-10-21-19/h4-6,10,16,18H,7-9,11-13H2,1-3H3,(H,22,23)/t16-,18-,20+/m0/s1. The monoisotopic (exact) mass is 356 g/mol. The summed E-state index contributed by atoms with van der Waals surface area (Å²) in [7, 11) is 1.87. The van der Waals surface area contributed by atoms with Gasteiger partial charge in [-0.25, -0.2) is 4.98 Å². The van der Waals surface area contributed by atoms with Crippen LogP contribution in [0.5, 0.6) is 5.88 Å². The van der Waals surface area contributed by atoms with E-state index in [4.69, 9.17) is 9.47 Å². The van der Waals surface area contributed by atoms with Crippen LogP contribution >= 0.6 is 0 Å². The first-order valence-electron chi connectivity index (χ1n) is 9.48. The number of likely N-dealkylation sites (tertiary alicyclic amines) is 1. The Morgan fingerprint density at radius 2 is 2.19 bits per heavy atom. The maximum absolute atomic E-state index is 6.17. The average Bonchev–Trinajstić information content (AvgIpc) is 3.18. The number of hydrogen-bond acceptors (Lipinski definition) is 5. The largest absolute Gasteiger partial charge is 0.474 e. The lowest BCUT2D eigenvalue weighted by atomic mass is 9.79. The van der Waals surface area contributed by atoms with Crippen LogP contribution in [0.2, 0.25) is 0 Å². The minimum absolute atomic E-state index is 0.0461. The number of rotatable bonds is 5. The molecule has 2 aromatic rings. The Morgan fingerprint density at radius 1 is 1.31 bits per heavy atom. The zero-order chi connectivity index (χ0) is 18.1. The summed E-state index contributed by atoms with van der Waals surface area (Å²) in [6, 6.07) is 6.18.